The first-order chi connectivity index (χ1) is 5.27. The summed E-state index contributed by atoms with van der Waals surface area (Å²) in [6, 6.07) is 6.07. The van der Waals surface area contributed by atoms with E-state index in [-0.39, 0.29) is 5.82 Å². The van der Waals surface area contributed by atoms with Crippen LogP contribution in [0.4, 0.5) is 4.39 Å². The lowest BCUT2D eigenvalue weighted by Gasteiger charge is -1.94. The van der Waals surface area contributed by atoms with Crippen LogP contribution in [0.5, 0.6) is 0 Å². The summed E-state index contributed by atoms with van der Waals surface area (Å²) in [5, 5.41) is 8.44. The van der Waals surface area contributed by atoms with Gasteiger partial charge < -0.3 is 0 Å². The topological polar surface area (TPSA) is 23.8 Å². The fraction of sp³-hybridized carbons (Fsp3) is 0. The normalized spacial score (nSPS) is 8.73. The first-order valence-corrected chi connectivity index (χ1v) is 3.10. The van der Waals surface area contributed by atoms with Crippen LogP contribution in [-0.4, -0.2) is 0 Å². The Hall–Kier alpha value is -1.62. The molecule has 1 aromatic carbocycles. The third-order valence-corrected chi connectivity index (χ3v) is 1.35. The smallest absolute Gasteiger partial charge is 0.130 e. The van der Waals surface area contributed by atoms with Crippen molar-refractivity contribution in [3.63, 3.8) is 0 Å². The van der Waals surface area contributed by atoms with Crippen molar-refractivity contribution in [2.75, 3.05) is 0 Å². The number of benzene rings is 1. The SMILES string of the molecule is C=Cc1cc(C#N)ccc1F. The van der Waals surface area contributed by atoms with Gasteiger partial charge in [-0.3, -0.25) is 0 Å². The van der Waals surface area contributed by atoms with Crippen molar-refractivity contribution in [3.05, 3.63) is 41.7 Å². The second-order valence-electron chi connectivity index (χ2n) is 2.05. The molecule has 0 heterocycles. The molecule has 0 aromatic heterocycles. The molecule has 0 saturated heterocycles. The van der Waals surface area contributed by atoms with Crippen LogP contribution in [-0.2, 0) is 0 Å². The van der Waals surface area contributed by atoms with Crippen molar-refractivity contribution in [1.82, 2.24) is 0 Å². The fourth-order valence-corrected chi connectivity index (χ4v) is 0.770. The van der Waals surface area contributed by atoms with Crippen molar-refractivity contribution in [1.29, 1.82) is 5.26 Å². The Labute approximate surface area is 64.4 Å². The zero-order valence-electron chi connectivity index (χ0n) is 5.84. The van der Waals surface area contributed by atoms with Crippen molar-refractivity contribution in [2.24, 2.45) is 0 Å². The van der Waals surface area contributed by atoms with Gasteiger partial charge in [-0.25, -0.2) is 4.39 Å². The third-order valence-electron chi connectivity index (χ3n) is 1.35. The van der Waals surface area contributed by atoms with Gasteiger partial charge in [-0.2, -0.15) is 5.26 Å². The molecule has 0 fully saturated rings. The Morgan fingerprint density at radius 1 is 1.55 bits per heavy atom. The van der Waals surface area contributed by atoms with Crippen LogP contribution in [0.2, 0.25) is 0 Å². The Morgan fingerprint density at radius 2 is 2.27 bits per heavy atom. The van der Waals surface area contributed by atoms with Gasteiger partial charge in [0.2, 0.25) is 0 Å². The van der Waals surface area contributed by atoms with Gasteiger partial charge in [0.15, 0.2) is 0 Å². The van der Waals surface area contributed by atoms with E-state index in [1.807, 2.05) is 6.07 Å². The lowest BCUT2D eigenvalue weighted by atomic mass is 10.1. The standard InChI is InChI=1S/C9H6FN/c1-2-8-5-7(6-11)3-4-9(8)10/h2-5H,1H2. The number of hydrogen-bond donors (Lipinski definition) is 0. The minimum Gasteiger partial charge on any atom is -0.206 e. The van der Waals surface area contributed by atoms with Gasteiger partial charge in [0.1, 0.15) is 5.82 Å². The molecule has 0 atom stereocenters. The third kappa shape index (κ3) is 1.44. The molecule has 1 aromatic rings. The molecular formula is C9H6FN. The Balaban J connectivity index is 3.25. The van der Waals surface area contributed by atoms with Crippen LogP contribution in [0.25, 0.3) is 6.08 Å². The van der Waals surface area contributed by atoms with Crippen LogP contribution >= 0.6 is 0 Å². The summed E-state index contributed by atoms with van der Waals surface area (Å²) in [7, 11) is 0. The summed E-state index contributed by atoms with van der Waals surface area (Å²) in [6.07, 6.45) is 1.39. The van der Waals surface area contributed by atoms with E-state index in [0.29, 0.717) is 11.1 Å². The molecule has 0 saturated carbocycles. The van der Waals surface area contributed by atoms with Gasteiger partial charge in [-0.15, -0.1) is 0 Å². The van der Waals surface area contributed by atoms with Crippen molar-refractivity contribution in [3.8, 4) is 6.07 Å². The molecule has 2 heteroatoms. The summed E-state index contributed by atoms with van der Waals surface area (Å²) in [6.45, 7) is 3.42. The zero-order valence-corrected chi connectivity index (χ0v) is 5.84. The average molecular weight is 147 g/mol. The molecule has 54 valence electrons. The van der Waals surface area contributed by atoms with Gasteiger partial charge in [0.05, 0.1) is 11.6 Å². The van der Waals surface area contributed by atoms with E-state index in [0.717, 1.165) is 0 Å². The van der Waals surface area contributed by atoms with Gasteiger partial charge in [0.25, 0.3) is 0 Å². The second-order valence-corrected chi connectivity index (χ2v) is 2.05. The van der Waals surface area contributed by atoms with Gasteiger partial charge in [-0.1, -0.05) is 12.7 Å². The Morgan fingerprint density at radius 3 is 2.82 bits per heavy atom. The molecule has 0 aliphatic carbocycles. The summed E-state index contributed by atoms with van der Waals surface area (Å²) >= 11 is 0. The van der Waals surface area contributed by atoms with E-state index in [1.54, 1.807) is 0 Å². The zero-order chi connectivity index (χ0) is 8.27. The number of halogens is 1. The maximum atomic E-state index is 12.7. The lowest BCUT2D eigenvalue weighted by Crippen LogP contribution is -1.82. The summed E-state index contributed by atoms with van der Waals surface area (Å²) in [5.41, 5.74) is 0.811. The highest BCUT2D eigenvalue weighted by Gasteiger charge is 1.97. The minimum atomic E-state index is -0.348. The predicted molar refractivity (Wildman–Crippen MR) is 41.2 cm³/mol. The lowest BCUT2D eigenvalue weighted by molar-refractivity contribution is 0.625. The molecular weight excluding hydrogens is 141 g/mol. The monoisotopic (exact) mass is 147 g/mol. The highest BCUT2D eigenvalue weighted by atomic mass is 19.1. The maximum Gasteiger partial charge on any atom is 0.130 e. The van der Waals surface area contributed by atoms with Crippen LogP contribution < -0.4 is 0 Å². The van der Waals surface area contributed by atoms with E-state index in [2.05, 4.69) is 6.58 Å². The van der Waals surface area contributed by atoms with Crippen LogP contribution in [0.3, 0.4) is 0 Å². The van der Waals surface area contributed by atoms with Crippen molar-refractivity contribution < 1.29 is 4.39 Å². The van der Waals surface area contributed by atoms with E-state index in [4.69, 9.17) is 5.26 Å². The van der Waals surface area contributed by atoms with E-state index in [9.17, 15) is 4.39 Å². The summed E-state index contributed by atoms with van der Waals surface area (Å²) < 4.78 is 12.7. The number of rotatable bonds is 1. The highest BCUT2D eigenvalue weighted by Crippen LogP contribution is 2.10. The van der Waals surface area contributed by atoms with Crippen molar-refractivity contribution in [2.45, 2.75) is 0 Å². The maximum absolute atomic E-state index is 12.7. The molecule has 0 amide bonds. The molecule has 0 bridgehead atoms. The predicted octanol–water partition coefficient (Wildman–Crippen LogP) is 2.34. The fourth-order valence-electron chi connectivity index (χ4n) is 0.770. The summed E-state index contributed by atoms with van der Waals surface area (Å²) in [4.78, 5) is 0. The molecule has 11 heavy (non-hydrogen) atoms. The Kier molecular flexibility index (Phi) is 2.03. The average Bonchev–Trinajstić information content (AvgIpc) is 2.05. The molecule has 1 rings (SSSR count). The second kappa shape index (κ2) is 2.98. The molecule has 1 nitrogen and oxygen atoms in total. The van der Waals surface area contributed by atoms with Gasteiger partial charge >= 0.3 is 0 Å². The van der Waals surface area contributed by atoms with Crippen LogP contribution in [0, 0.1) is 17.1 Å². The summed E-state index contributed by atoms with van der Waals surface area (Å²) in [5.74, 6) is -0.348. The largest absolute Gasteiger partial charge is 0.206 e. The molecule has 0 N–H and O–H groups in total. The first-order valence-electron chi connectivity index (χ1n) is 3.10. The van der Waals surface area contributed by atoms with E-state index >= 15 is 0 Å². The Bertz CT molecular complexity index is 323. The van der Waals surface area contributed by atoms with Crippen LogP contribution in [0.1, 0.15) is 11.1 Å². The van der Waals surface area contributed by atoms with Crippen molar-refractivity contribution >= 4 is 6.08 Å². The number of nitrogens with zero attached hydrogens (tertiary/aromatic N) is 1. The molecule has 0 radical (unpaired) electrons. The van der Waals surface area contributed by atoms with E-state index in [1.165, 1.54) is 24.3 Å². The highest BCUT2D eigenvalue weighted by molar-refractivity contribution is 5.51. The van der Waals surface area contributed by atoms with Gasteiger partial charge in [-0.05, 0) is 18.2 Å². The minimum absolute atomic E-state index is 0.348. The quantitative estimate of drug-likeness (QED) is 0.598. The number of hydrogen-bond acceptors (Lipinski definition) is 1. The molecule has 0 aliphatic rings. The van der Waals surface area contributed by atoms with E-state index < -0.39 is 0 Å². The molecule has 0 aliphatic heterocycles. The van der Waals surface area contributed by atoms with Crippen LogP contribution in [0.15, 0.2) is 24.8 Å². The first kappa shape index (κ1) is 7.49. The number of nitriles is 1. The molecule has 0 spiro atoms. The van der Waals surface area contributed by atoms with Gasteiger partial charge in [0, 0.05) is 5.56 Å². The molecule has 0 unspecified atom stereocenters.